The minimum atomic E-state index is -5.64. The molecule has 1 aromatic heterocycles. The molecule has 1 heterocycles. The van der Waals surface area contributed by atoms with Crippen LogP contribution in [0.4, 0.5) is 13.2 Å². The van der Waals surface area contributed by atoms with Crippen molar-refractivity contribution in [3.8, 4) is 11.3 Å². The van der Waals surface area contributed by atoms with Crippen LogP contribution in [0.3, 0.4) is 0 Å². The predicted molar refractivity (Wildman–Crippen MR) is 86.9 cm³/mol. The van der Waals surface area contributed by atoms with E-state index in [2.05, 4.69) is 4.18 Å². The first-order valence-corrected chi connectivity index (χ1v) is 8.97. The summed E-state index contributed by atoms with van der Waals surface area (Å²) in [7, 11) is -3.85. The Balaban J connectivity index is 2.47. The van der Waals surface area contributed by atoms with Crippen LogP contribution in [0.1, 0.15) is 30.9 Å². The number of aromatic nitrogens is 1. The molecule has 0 unspecified atom stereocenters. The van der Waals surface area contributed by atoms with Crippen molar-refractivity contribution in [3.63, 3.8) is 0 Å². The summed E-state index contributed by atoms with van der Waals surface area (Å²) < 4.78 is 66.0. The van der Waals surface area contributed by atoms with Gasteiger partial charge in [0.1, 0.15) is 7.05 Å². The lowest BCUT2D eigenvalue weighted by Gasteiger charge is -2.14. The van der Waals surface area contributed by atoms with E-state index in [4.69, 9.17) is 0 Å². The molecule has 0 bridgehead atoms. The van der Waals surface area contributed by atoms with E-state index in [-0.39, 0.29) is 5.92 Å². The average Bonchev–Trinajstić information content (AvgIpc) is 2.52. The summed E-state index contributed by atoms with van der Waals surface area (Å²) >= 11 is 0. The second-order valence-electron chi connectivity index (χ2n) is 5.93. The lowest BCUT2D eigenvalue weighted by atomic mass is 9.96. The van der Waals surface area contributed by atoms with Gasteiger partial charge in [0.2, 0.25) is 5.69 Å². The van der Waals surface area contributed by atoms with Gasteiger partial charge in [0.15, 0.2) is 6.20 Å². The minimum Gasteiger partial charge on any atom is -0.258 e. The van der Waals surface area contributed by atoms with E-state index in [1.807, 2.05) is 26.0 Å². The standard InChI is InChI=1S/C17H19F3NO3S/c1-12(2)13-7-8-15(16-6-4-5-9-21(16)3)14(10-13)11-24-25(22,23)17(18,19)20/h4-10,12H,11H2,1-3H3/q+1. The van der Waals surface area contributed by atoms with Gasteiger partial charge in [-0.25, -0.2) is 4.57 Å². The van der Waals surface area contributed by atoms with Gasteiger partial charge >= 0.3 is 15.6 Å². The molecule has 0 spiro atoms. The summed E-state index contributed by atoms with van der Waals surface area (Å²) in [5, 5.41) is 0. The molecule has 0 atom stereocenters. The van der Waals surface area contributed by atoms with Crippen molar-refractivity contribution in [2.24, 2.45) is 7.05 Å². The summed E-state index contributed by atoms with van der Waals surface area (Å²) in [4.78, 5) is 0. The summed E-state index contributed by atoms with van der Waals surface area (Å²) in [5.74, 6) is 0.136. The van der Waals surface area contributed by atoms with Crippen molar-refractivity contribution in [1.29, 1.82) is 0 Å². The third kappa shape index (κ3) is 4.38. The van der Waals surface area contributed by atoms with Crippen LogP contribution in [-0.4, -0.2) is 13.9 Å². The van der Waals surface area contributed by atoms with Gasteiger partial charge in [-0.15, -0.1) is 0 Å². The normalized spacial score (nSPS) is 12.6. The highest BCUT2D eigenvalue weighted by atomic mass is 32.2. The van der Waals surface area contributed by atoms with E-state index < -0.39 is 22.2 Å². The topological polar surface area (TPSA) is 47.2 Å². The van der Waals surface area contributed by atoms with Crippen LogP contribution in [0.2, 0.25) is 0 Å². The minimum absolute atomic E-state index is 0.136. The molecule has 0 amide bonds. The molecule has 8 heteroatoms. The molecule has 2 aromatic rings. The summed E-state index contributed by atoms with van der Waals surface area (Å²) in [5.41, 5.74) is -2.84. The smallest absolute Gasteiger partial charge is 0.258 e. The molecule has 0 radical (unpaired) electrons. The van der Waals surface area contributed by atoms with Crippen molar-refractivity contribution in [2.45, 2.75) is 31.9 Å². The second kappa shape index (κ2) is 7.13. The first kappa shape index (κ1) is 19.4. The zero-order valence-corrected chi connectivity index (χ0v) is 14.9. The molecule has 0 aliphatic carbocycles. The Labute approximate surface area is 145 Å². The number of aryl methyl sites for hydroxylation is 1. The molecule has 1 aromatic carbocycles. The van der Waals surface area contributed by atoms with Crippen LogP contribution >= 0.6 is 0 Å². The molecule has 0 fully saturated rings. The van der Waals surface area contributed by atoms with Crippen LogP contribution in [0.5, 0.6) is 0 Å². The predicted octanol–water partition coefficient (Wildman–Crippen LogP) is 3.67. The fourth-order valence-corrected chi connectivity index (χ4v) is 2.77. The van der Waals surface area contributed by atoms with E-state index in [1.54, 1.807) is 42.1 Å². The Morgan fingerprint density at radius 1 is 1.16 bits per heavy atom. The Bertz CT molecular complexity index is 862. The number of nitrogens with zero attached hydrogens (tertiary/aromatic N) is 1. The third-order valence-electron chi connectivity index (χ3n) is 3.78. The van der Waals surface area contributed by atoms with Crippen molar-refractivity contribution >= 4 is 10.1 Å². The zero-order chi connectivity index (χ0) is 18.8. The van der Waals surface area contributed by atoms with Crippen molar-refractivity contribution in [2.75, 3.05) is 0 Å². The SMILES string of the molecule is CC(C)c1ccc(-c2cccc[n+]2C)c(COS(=O)(=O)C(F)(F)F)c1. The first-order valence-electron chi connectivity index (χ1n) is 7.56. The van der Waals surface area contributed by atoms with Gasteiger partial charge in [-0.2, -0.15) is 21.6 Å². The van der Waals surface area contributed by atoms with Crippen molar-refractivity contribution < 1.29 is 30.3 Å². The maximum Gasteiger partial charge on any atom is 0.523 e. The highest BCUT2D eigenvalue weighted by Crippen LogP contribution is 2.29. The van der Waals surface area contributed by atoms with E-state index in [1.165, 1.54) is 0 Å². The quantitative estimate of drug-likeness (QED) is 0.456. The van der Waals surface area contributed by atoms with Gasteiger partial charge in [0, 0.05) is 12.1 Å². The maximum atomic E-state index is 12.5. The summed E-state index contributed by atoms with van der Waals surface area (Å²) in [6, 6.07) is 10.7. The molecular formula is C17H19F3NO3S+. The molecular weight excluding hydrogens is 355 g/mol. The van der Waals surface area contributed by atoms with Gasteiger partial charge in [0.25, 0.3) is 0 Å². The third-order valence-corrected chi connectivity index (χ3v) is 4.77. The molecule has 136 valence electrons. The van der Waals surface area contributed by atoms with Crippen LogP contribution in [0, 0.1) is 0 Å². The van der Waals surface area contributed by atoms with E-state index >= 15 is 0 Å². The largest absolute Gasteiger partial charge is 0.523 e. The van der Waals surface area contributed by atoms with Gasteiger partial charge in [-0.3, -0.25) is 4.18 Å². The number of hydrogen-bond donors (Lipinski definition) is 0. The summed E-state index contributed by atoms with van der Waals surface area (Å²) in [6.07, 6.45) is 1.79. The van der Waals surface area contributed by atoms with Gasteiger partial charge < -0.3 is 0 Å². The highest BCUT2D eigenvalue weighted by Gasteiger charge is 2.47. The maximum absolute atomic E-state index is 12.5. The van der Waals surface area contributed by atoms with E-state index in [0.717, 1.165) is 11.3 Å². The monoisotopic (exact) mass is 374 g/mol. The molecule has 0 saturated carbocycles. The van der Waals surface area contributed by atoms with E-state index in [9.17, 15) is 21.6 Å². The molecule has 0 N–H and O–H groups in total. The van der Waals surface area contributed by atoms with Gasteiger partial charge in [-0.1, -0.05) is 26.0 Å². The molecule has 2 rings (SSSR count). The van der Waals surface area contributed by atoms with Crippen LogP contribution in [-0.2, 0) is 28.0 Å². The molecule has 0 saturated heterocycles. The number of halogens is 3. The fraction of sp³-hybridized carbons (Fsp3) is 0.353. The fourth-order valence-electron chi connectivity index (χ4n) is 2.35. The van der Waals surface area contributed by atoms with E-state index in [0.29, 0.717) is 11.1 Å². The van der Waals surface area contributed by atoms with Crippen molar-refractivity contribution in [1.82, 2.24) is 0 Å². The second-order valence-corrected chi connectivity index (χ2v) is 7.54. The highest BCUT2D eigenvalue weighted by molar-refractivity contribution is 7.87. The first-order chi connectivity index (χ1) is 11.5. The van der Waals surface area contributed by atoms with Crippen molar-refractivity contribution in [3.05, 3.63) is 53.7 Å². The van der Waals surface area contributed by atoms with Crippen LogP contribution in [0.25, 0.3) is 11.3 Å². The Kier molecular flexibility index (Phi) is 5.53. The number of hydrogen-bond acceptors (Lipinski definition) is 3. The number of alkyl halides is 3. The molecule has 4 nitrogen and oxygen atoms in total. The lowest BCUT2D eigenvalue weighted by Crippen LogP contribution is -2.30. The lowest BCUT2D eigenvalue weighted by molar-refractivity contribution is -0.660. The zero-order valence-electron chi connectivity index (χ0n) is 14.0. The number of pyridine rings is 1. The van der Waals surface area contributed by atoms with Gasteiger partial charge in [-0.05, 0) is 29.2 Å². The van der Waals surface area contributed by atoms with Crippen LogP contribution < -0.4 is 4.57 Å². The Morgan fingerprint density at radius 2 is 1.84 bits per heavy atom. The molecule has 0 aliphatic heterocycles. The number of rotatable bonds is 5. The summed E-state index contributed by atoms with van der Waals surface area (Å²) in [6.45, 7) is 3.19. The number of benzene rings is 1. The Morgan fingerprint density at radius 3 is 2.40 bits per heavy atom. The molecule has 0 aliphatic rings. The Hall–Kier alpha value is -1.93. The van der Waals surface area contributed by atoms with Crippen LogP contribution in [0.15, 0.2) is 42.6 Å². The van der Waals surface area contributed by atoms with Gasteiger partial charge in [0.05, 0.1) is 12.2 Å². The average molecular weight is 374 g/mol. The molecule has 25 heavy (non-hydrogen) atoms.